The molecule has 17 heteroatoms. The zero-order chi connectivity index (χ0) is 25.8. The van der Waals surface area contributed by atoms with Crippen molar-refractivity contribution in [1.82, 2.24) is 0 Å². The Bertz CT molecular complexity index is 946. The molecular weight excluding hydrogens is 502 g/mol. The van der Waals surface area contributed by atoms with Gasteiger partial charge in [0.1, 0.15) is 17.2 Å². The predicted molar refractivity (Wildman–Crippen MR) is 98.0 cm³/mol. The van der Waals surface area contributed by atoms with Gasteiger partial charge in [-0.3, -0.25) is 9.11 Å². The summed E-state index contributed by atoms with van der Waals surface area (Å²) in [5.74, 6) is 1.34. The van der Waals surface area contributed by atoms with E-state index in [1.807, 2.05) is 6.07 Å². The number of benzene rings is 2. The maximum Gasteiger partial charge on any atom is 0.522 e. The van der Waals surface area contributed by atoms with E-state index in [0.717, 1.165) is 5.75 Å². The number of hydrogen-bond donors (Lipinski definition) is 4. The third kappa shape index (κ3) is 15.1. The summed E-state index contributed by atoms with van der Waals surface area (Å²) in [5.41, 5.74) is -11.1. The van der Waals surface area contributed by atoms with Crippen molar-refractivity contribution >= 4 is 20.2 Å². The number of hydrogen-bond acceptors (Lipinski definition) is 7. The Morgan fingerprint density at radius 3 is 1.12 bits per heavy atom. The Kier molecular flexibility index (Phi) is 12.7. The van der Waals surface area contributed by atoms with Gasteiger partial charge in [0.15, 0.2) is 0 Å². The van der Waals surface area contributed by atoms with Gasteiger partial charge in [0.05, 0.1) is 7.11 Å². The van der Waals surface area contributed by atoms with Crippen LogP contribution in [-0.2, 0) is 20.2 Å². The molecule has 0 heterocycles. The SMILES string of the molecule is COc1ccc(O)cc1.O=S(=O)(O)C(F)(F)F.O=S(=O)(O)C(F)(F)F.Oc1ccccc1. The summed E-state index contributed by atoms with van der Waals surface area (Å²) < 4.78 is 120. The third-order valence-corrected chi connectivity index (χ3v) is 3.58. The summed E-state index contributed by atoms with van der Waals surface area (Å²) in [7, 11) is -10.1. The maximum atomic E-state index is 10.7. The quantitative estimate of drug-likeness (QED) is 0.251. The van der Waals surface area contributed by atoms with Crippen LogP contribution in [-0.4, -0.2) is 54.3 Å². The van der Waals surface area contributed by atoms with E-state index in [9.17, 15) is 26.3 Å². The maximum absolute atomic E-state index is 10.7. The molecule has 2 aromatic carbocycles. The van der Waals surface area contributed by atoms with Crippen molar-refractivity contribution in [1.29, 1.82) is 0 Å². The smallest absolute Gasteiger partial charge is 0.508 e. The number of aromatic hydroxyl groups is 2. The van der Waals surface area contributed by atoms with Gasteiger partial charge in [-0.15, -0.1) is 0 Å². The molecule has 0 unspecified atom stereocenters. The molecule has 4 N–H and O–H groups in total. The molecule has 0 aromatic heterocycles. The molecular formula is C15H16F6O9S2. The lowest BCUT2D eigenvalue weighted by molar-refractivity contribution is -0.0514. The molecule has 32 heavy (non-hydrogen) atoms. The van der Waals surface area contributed by atoms with E-state index < -0.39 is 31.3 Å². The number of methoxy groups -OCH3 is 1. The Morgan fingerprint density at radius 1 is 0.656 bits per heavy atom. The highest BCUT2D eigenvalue weighted by molar-refractivity contribution is 7.86. The average molecular weight is 518 g/mol. The molecule has 0 aliphatic carbocycles. The monoisotopic (exact) mass is 518 g/mol. The van der Waals surface area contributed by atoms with Crippen molar-refractivity contribution in [2.45, 2.75) is 11.0 Å². The van der Waals surface area contributed by atoms with Crippen molar-refractivity contribution in [2.75, 3.05) is 7.11 Å². The minimum absolute atomic E-state index is 0.260. The molecule has 0 aliphatic heterocycles. The van der Waals surface area contributed by atoms with Gasteiger partial charge in [-0.05, 0) is 36.4 Å². The fourth-order valence-electron chi connectivity index (χ4n) is 1.01. The number of alkyl halides is 6. The zero-order valence-electron chi connectivity index (χ0n) is 15.6. The van der Waals surface area contributed by atoms with Crippen LogP contribution in [0, 0.1) is 0 Å². The van der Waals surface area contributed by atoms with Gasteiger partial charge in [-0.2, -0.15) is 43.2 Å². The van der Waals surface area contributed by atoms with Crippen LogP contribution >= 0.6 is 0 Å². The highest BCUT2D eigenvalue weighted by atomic mass is 32.2. The first-order valence-electron chi connectivity index (χ1n) is 7.37. The van der Waals surface area contributed by atoms with Crippen molar-refractivity contribution in [3.63, 3.8) is 0 Å². The van der Waals surface area contributed by atoms with Gasteiger partial charge in [0, 0.05) is 0 Å². The van der Waals surface area contributed by atoms with Gasteiger partial charge < -0.3 is 14.9 Å². The number of rotatable bonds is 1. The Morgan fingerprint density at radius 2 is 0.938 bits per heavy atom. The van der Waals surface area contributed by atoms with Crippen LogP contribution < -0.4 is 4.74 Å². The van der Waals surface area contributed by atoms with E-state index in [4.69, 9.17) is 40.9 Å². The van der Waals surface area contributed by atoms with Gasteiger partial charge in [-0.25, -0.2) is 0 Å². The number of halogens is 6. The second-order valence-corrected chi connectivity index (χ2v) is 7.70. The van der Waals surface area contributed by atoms with Crippen LogP contribution in [0.25, 0.3) is 0 Å². The zero-order valence-corrected chi connectivity index (χ0v) is 17.2. The highest BCUT2D eigenvalue weighted by Crippen LogP contribution is 2.21. The largest absolute Gasteiger partial charge is 0.522 e. The molecule has 0 aliphatic rings. The molecule has 0 saturated carbocycles. The first kappa shape index (κ1) is 31.4. The first-order valence-corrected chi connectivity index (χ1v) is 10.2. The molecule has 2 rings (SSSR count). The summed E-state index contributed by atoms with van der Waals surface area (Å²) in [6.07, 6.45) is 0. The van der Waals surface area contributed by atoms with Crippen molar-refractivity contribution in [3.8, 4) is 17.2 Å². The molecule has 9 nitrogen and oxygen atoms in total. The number of phenols is 2. The van der Waals surface area contributed by atoms with Crippen LogP contribution in [0.3, 0.4) is 0 Å². The summed E-state index contributed by atoms with van der Waals surface area (Å²) in [6, 6.07) is 15.3. The van der Waals surface area contributed by atoms with E-state index in [2.05, 4.69) is 0 Å². The fourth-order valence-corrected chi connectivity index (χ4v) is 1.01. The second-order valence-electron chi connectivity index (χ2n) is 4.88. The van der Waals surface area contributed by atoms with Crippen molar-refractivity contribution in [2.24, 2.45) is 0 Å². The lowest BCUT2D eigenvalue weighted by Crippen LogP contribution is -2.21. The molecule has 2 aromatic rings. The van der Waals surface area contributed by atoms with E-state index >= 15 is 0 Å². The van der Waals surface area contributed by atoms with E-state index in [1.165, 1.54) is 0 Å². The van der Waals surface area contributed by atoms with Gasteiger partial charge in [-0.1, -0.05) is 18.2 Å². The van der Waals surface area contributed by atoms with Crippen molar-refractivity contribution in [3.05, 3.63) is 54.6 Å². The standard InChI is InChI=1S/C7H8O2.C6H6O.2CHF3O3S/c1-9-7-4-2-6(8)3-5-7;7-6-4-2-1-3-5-6;2*2-1(3,4)8(5,6)7/h2-5,8H,1H3;1-5,7H;2*(H,5,6,7). The van der Waals surface area contributed by atoms with Gasteiger partial charge >= 0.3 is 31.3 Å². The normalized spacial score (nSPS) is 11.4. The number of para-hydroxylation sites is 1. The summed E-state index contributed by atoms with van der Waals surface area (Å²) in [5, 5.41) is 17.4. The van der Waals surface area contributed by atoms with E-state index in [1.54, 1.807) is 55.6 Å². The van der Waals surface area contributed by atoms with Gasteiger partial charge in [0.25, 0.3) is 0 Å². The minimum atomic E-state index is -5.84. The minimum Gasteiger partial charge on any atom is -0.508 e. The average Bonchev–Trinajstić information content (AvgIpc) is 2.61. The van der Waals surface area contributed by atoms with Crippen molar-refractivity contribution < 1.29 is 67.2 Å². The highest BCUT2D eigenvalue weighted by Gasteiger charge is 2.45. The van der Waals surface area contributed by atoms with Crippen LogP contribution in [0.1, 0.15) is 0 Å². The van der Waals surface area contributed by atoms with Crippen LogP contribution in [0.2, 0.25) is 0 Å². The molecule has 0 bridgehead atoms. The number of phenolic OH excluding ortho intramolecular Hbond substituents is 2. The molecule has 0 radical (unpaired) electrons. The van der Waals surface area contributed by atoms with Crippen LogP contribution in [0.5, 0.6) is 17.2 Å². The van der Waals surface area contributed by atoms with E-state index in [0.29, 0.717) is 5.75 Å². The topological polar surface area (TPSA) is 158 Å². The molecule has 0 spiro atoms. The predicted octanol–water partition coefficient (Wildman–Crippen LogP) is 3.58. The Labute approximate surface area is 178 Å². The third-order valence-electron chi connectivity index (χ3n) is 2.41. The molecule has 0 amide bonds. The summed E-state index contributed by atoms with van der Waals surface area (Å²) in [6.45, 7) is 0. The lowest BCUT2D eigenvalue weighted by atomic mass is 10.3. The first-order chi connectivity index (χ1) is 14.2. The molecule has 0 atom stereocenters. The fraction of sp³-hybridized carbons (Fsp3) is 0.200. The second kappa shape index (κ2) is 12.9. The summed E-state index contributed by atoms with van der Waals surface area (Å²) in [4.78, 5) is 0. The molecule has 0 fully saturated rings. The Balaban J connectivity index is 0. The lowest BCUT2D eigenvalue weighted by Gasteiger charge is -1.97. The molecule has 184 valence electrons. The van der Waals surface area contributed by atoms with E-state index in [-0.39, 0.29) is 5.75 Å². The Hall–Kier alpha value is -2.76. The number of ether oxygens (including phenoxy) is 1. The van der Waals surface area contributed by atoms with Crippen LogP contribution in [0.15, 0.2) is 54.6 Å². The molecule has 0 saturated heterocycles. The van der Waals surface area contributed by atoms with Crippen LogP contribution in [0.4, 0.5) is 26.3 Å². The van der Waals surface area contributed by atoms with Gasteiger partial charge in [0.2, 0.25) is 0 Å². The summed E-state index contributed by atoms with van der Waals surface area (Å²) >= 11 is 0.